The first-order valence-electron chi connectivity index (χ1n) is 11.0. The maximum absolute atomic E-state index is 13.7. The van der Waals surface area contributed by atoms with Crippen LogP contribution in [0.5, 0.6) is 0 Å². The molecular weight excluding hydrogens is 411 g/mol. The van der Waals surface area contributed by atoms with E-state index in [0.717, 1.165) is 24.1 Å². The quantitative estimate of drug-likeness (QED) is 0.712. The Kier molecular flexibility index (Phi) is 5.99. The van der Waals surface area contributed by atoms with Crippen LogP contribution in [0.15, 0.2) is 24.3 Å². The summed E-state index contributed by atoms with van der Waals surface area (Å²) in [6.07, 6.45) is 2.54. The van der Waals surface area contributed by atoms with E-state index in [2.05, 4.69) is 0 Å². The second-order valence-corrected chi connectivity index (χ2v) is 8.95. The van der Waals surface area contributed by atoms with Crippen LogP contribution in [0.3, 0.4) is 0 Å². The van der Waals surface area contributed by atoms with Gasteiger partial charge in [0.2, 0.25) is 5.91 Å². The molecule has 1 fully saturated rings. The minimum atomic E-state index is -0.939. The highest BCUT2D eigenvalue weighted by Crippen LogP contribution is 2.36. The second-order valence-electron chi connectivity index (χ2n) is 8.95. The van der Waals surface area contributed by atoms with Gasteiger partial charge in [-0.1, -0.05) is 12.1 Å². The number of hydrogen-bond acceptors (Lipinski definition) is 5. The minimum absolute atomic E-state index is 0.0503. The average molecular weight is 441 g/mol. The van der Waals surface area contributed by atoms with E-state index in [1.807, 2.05) is 6.92 Å². The highest BCUT2D eigenvalue weighted by atomic mass is 19.1. The SMILES string of the molecule is COC(C)(C)C(=O)N1CCC[C@H]1c1nc(C)c2c(n1)N(Cc1cccc(F)c1)C(=O)CC2. The molecule has 1 saturated heterocycles. The van der Waals surface area contributed by atoms with Gasteiger partial charge in [0.25, 0.3) is 5.91 Å². The molecule has 2 aliphatic rings. The molecule has 1 atom stereocenters. The topological polar surface area (TPSA) is 75.6 Å². The number of likely N-dealkylation sites (tertiary alicyclic amines) is 1. The van der Waals surface area contributed by atoms with Gasteiger partial charge in [0.1, 0.15) is 17.2 Å². The maximum Gasteiger partial charge on any atom is 0.254 e. The number of aromatic nitrogens is 2. The number of anilines is 1. The van der Waals surface area contributed by atoms with Crippen LogP contribution in [0, 0.1) is 12.7 Å². The molecule has 0 saturated carbocycles. The molecule has 1 aromatic carbocycles. The second kappa shape index (κ2) is 8.58. The zero-order valence-corrected chi connectivity index (χ0v) is 19.0. The van der Waals surface area contributed by atoms with Crippen LogP contribution < -0.4 is 4.90 Å². The molecule has 2 amide bonds. The summed E-state index contributed by atoms with van der Waals surface area (Å²) >= 11 is 0. The summed E-state index contributed by atoms with van der Waals surface area (Å²) < 4.78 is 19.1. The molecule has 0 bridgehead atoms. The van der Waals surface area contributed by atoms with Gasteiger partial charge in [-0.3, -0.25) is 14.5 Å². The largest absolute Gasteiger partial charge is 0.369 e. The van der Waals surface area contributed by atoms with Crippen LogP contribution in [-0.2, 0) is 27.3 Å². The summed E-state index contributed by atoms with van der Waals surface area (Å²) in [5.74, 6) is 0.615. The fourth-order valence-electron chi connectivity index (χ4n) is 4.44. The van der Waals surface area contributed by atoms with Gasteiger partial charge in [0, 0.05) is 31.3 Å². The third kappa shape index (κ3) is 4.11. The van der Waals surface area contributed by atoms with Gasteiger partial charge in [-0.2, -0.15) is 0 Å². The lowest BCUT2D eigenvalue weighted by atomic mass is 10.0. The third-order valence-electron chi connectivity index (χ3n) is 6.42. The van der Waals surface area contributed by atoms with Crippen LogP contribution in [-0.4, -0.2) is 45.9 Å². The highest BCUT2D eigenvalue weighted by molar-refractivity contribution is 5.95. The van der Waals surface area contributed by atoms with Gasteiger partial charge in [-0.05, 0) is 57.7 Å². The summed E-state index contributed by atoms with van der Waals surface area (Å²) in [5, 5.41) is 0. The molecule has 1 aromatic heterocycles. The summed E-state index contributed by atoms with van der Waals surface area (Å²) in [4.78, 5) is 38.9. The lowest BCUT2D eigenvalue weighted by Gasteiger charge is -2.33. The number of hydrogen-bond donors (Lipinski definition) is 0. The van der Waals surface area contributed by atoms with Crippen LogP contribution >= 0.6 is 0 Å². The number of rotatable bonds is 5. The zero-order chi connectivity index (χ0) is 23.0. The lowest BCUT2D eigenvalue weighted by Crippen LogP contribution is -2.46. The Morgan fingerprint density at radius 2 is 2.06 bits per heavy atom. The highest BCUT2D eigenvalue weighted by Gasteiger charge is 2.40. The van der Waals surface area contributed by atoms with Crippen molar-refractivity contribution in [3.8, 4) is 0 Å². The Balaban J connectivity index is 1.71. The summed E-state index contributed by atoms with van der Waals surface area (Å²) in [5.41, 5.74) is 1.50. The third-order valence-corrected chi connectivity index (χ3v) is 6.42. The molecule has 3 heterocycles. The van der Waals surface area contributed by atoms with Crippen molar-refractivity contribution in [1.29, 1.82) is 0 Å². The number of nitrogens with zero attached hydrogens (tertiary/aromatic N) is 4. The van der Waals surface area contributed by atoms with E-state index in [-0.39, 0.29) is 30.2 Å². The molecule has 2 aromatic rings. The van der Waals surface area contributed by atoms with Gasteiger partial charge in [-0.25, -0.2) is 14.4 Å². The number of methoxy groups -OCH3 is 1. The zero-order valence-electron chi connectivity index (χ0n) is 19.0. The van der Waals surface area contributed by atoms with E-state index in [1.54, 1.807) is 35.8 Å². The maximum atomic E-state index is 13.7. The molecule has 0 spiro atoms. The lowest BCUT2D eigenvalue weighted by molar-refractivity contribution is -0.152. The Bertz CT molecular complexity index is 1060. The van der Waals surface area contributed by atoms with Gasteiger partial charge < -0.3 is 9.64 Å². The molecular formula is C24H29FN4O3. The molecule has 4 rings (SSSR count). The van der Waals surface area contributed by atoms with Crippen molar-refractivity contribution in [2.75, 3.05) is 18.6 Å². The van der Waals surface area contributed by atoms with Crippen molar-refractivity contribution in [2.24, 2.45) is 0 Å². The monoisotopic (exact) mass is 440 g/mol. The number of carbonyl (C=O) groups is 2. The van der Waals surface area contributed by atoms with E-state index >= 15 is 0 Å². The standard InChI is InChI=1S/C24H29FN4O3/c1-15-18-10-11-20(30)29(14-16-7-5-8-17(25)13-16)22(18)27-21(26-15)19-9-6-12-28(19)23(31)24(2,3)32-4/h5,7-8,13,19H,6,9-12,14H2,1-4H3/t19-/m0/s1. The molecule has 2 aliphatic heterocycles. The molecule has 0 unspecified atom stereocenters. The molecule has 170 valence electrons. The number of halogens is 1. The van der Waals surface area contributed by atoms with Crippen molar-refractivity contribution >= 4 is 17.6 Å². The van der Waals surface area contributed by atoms with Crippen LogP contribution in [0.25, 0.3) is 0 Å². The van der Waals surface area contributed by atoms with Gasteiger partial charge in [0.05, 0.1) is 12.6 Å². The van der Waals surface area contributed by atoms with Crippen LogP contribution in [0.4, 0.5) is 10.2 Å². The molecule has 0 aliphatic carbocycles. The van der Waals surface area contributed by atoms with E-state index in [0.29, 0.717) is 36.6 Å². The fraction of sp³-hybridized carbons (Fsp3) is 0.500. The number of fused-ring (bicyclic) bond motifs is 1. The van der Waals surface area contributed by atoms with Gasteiger partial charge in [0.15, 0.2) is 5.82 Å². The normalized spacial score (nSPS) is 18.8. The Hall–Kier alpha value is -2.87. The first-order chi connectivity index (χ1) is 15.2. The first kappa shape index (κ1) is 22.3. The molecule has 32 heavy (non-hydrogen) atoms. The van der Waals surface area contributed by atoms with Crippen molar-refractivity contribution in [3.63, 3.8) is 0 Å². The number of amides is 2. The Labute approximate surface area is 187 Å². The van der Waals surface area contributed by atoms with E-state index in [1.165, 1.54) is 19.2 Å². The van der Waals surface area contributed by atoms with Crippen molar-refractivity contribution in [1.82, 2.24) is 14.9 Å². The van der Waals surface area contributed by atoms with Crippen molar-refractivity contribution in [2.45, 2.75) is 64.6 Å². The van der Waals surface area contributed by atoms with Gasteiger partial charge in [-0.15, -0.1) is 0 Å². The summed E-state index contributed by atoms with van der Waals surface area (Å²) in [6, 6.07) is 5.97. The van der Waals surface area contributed by atoms with E-state index in [4.69, 9.17) is 14.7 Å². The minimum Gasteiger partial charge on any atom is -0.369 e. The predicted octanol–water partition coefficient (Wildman–Crippen LogP) is 3.49. The number of aryl methyl sites for hydroxylation is 1. The first-order valence-corrected chi connectivity index (χ1v) is 11.0. The summed E-state index contributed by atoms with van der Waals surface area (Å²) in [6.45, 7) is 6.28. The van der Waals surface area contributed by atoms with Crippen LogP contribution in [0.1, 0.15) is 61.8 Å². The smallest absolute Gasteiger partial charge is 0.254 e. The van der Waals surface area contributed by atoms with Crippen LogP contribution in [0.2, 0.25) is 0 Å². The average Bonchev–Trinajstić information content (AvgIpc) is 3.25. The Morgan fingerprint density at radius 3 is 2.78 bits per heavy atom. The number of benzene rings is 1. The number of ether oxygens (including phenoxy) is 1. The van der Waals surface area contributed by atoms with Crippen molar-refractivity contribution < 1.29 is 18.7 Å². The molecule has 0 N–H and O–H groups in total. The molecule has 0 radical (unpaired) electrons. The molecule has 7 nitrogen and oxygen atoms in total. The Morgan fingerprint density at radius 1 is 1.28 bits per heavy atom. The van der Waals surface area contributed by atoms with Crippen molar-refractivity contribution in [3.05, 3.63) is 52.7 Å². The van der Waals surface area contributed by atoms with E-state index in [9.17, 15) is 14.0 Å². The van der Waals surface area contributed by atoms with E-state index < -0.39 is 5.60 Å². The molecule has 8 heteroatoms. The summed E-state index contributed by atoms with van der Waals surface area (Å²) in [7, 11) is 1.53. The predicted molar refractivity (Wildman–Crippen MR) is 117 cm³/mol. The number of carbonyl (C=O) groups excluding carboxylic acids is 2. The van der Waals surface area contributed by atoms with Gasteiger partial charge >= 0.3 is 0 Å². The fourth-order valence-corrected chi connectivity index (χ4v) is 4.44.